The molecule has 80 valence electrons. The molecule has 0 spiro atoms. The van der Waals surface area contributed by atoms with Gasteiger partial charge >= 0.3 is 0 Å². The second-order valence-corrected chi connectivity index (χ2v) is 4.49. The summed E-state index contributed by atoms with van der Waals surface area (Å²) in [6.45, 7) is 8.06. The number of halogens is 1. The van der Waals surface area contributed by atoms with Gasteiger partial charge in [0.15, 0.2) is 0 Å². The van der Waals surface area contributed by atoms with Crippen molar-refractivity contribution in [2.45, 2.75) is 46.1 Å². The van der Waals surface area contributed by atoms with Crippen LogP contribution in [-0.2, 0) is 0 Å². The molecule has 0 heterocycles. The van der Waals surface area contributed by atoms with Crippen molar-refractivity contribution < 1.29 is 0 Å². The summed E-state index contributed by atoms with van der Waals surface area (Å²) in [5, 5.41) is 1.13. The first-order valence-electron chi connectivity index (χ1n) is 5.45. The number of hydrogen-bond acceptors (Lipinski definition) is 1. The molecule has 0 saturated heterocycles. The van der Waals surface area contributed by atoms with Gasteiger partial charge in [-0.1, -0.05) is 43.1 Å². The molecule has 0 aliphatic rings. The van der Waals surface area contributed by atoms with Gasteiger partial charge in [-0.05, 0) is 25.8 Å². The molecular weight excluding hydrogens is 226 g/mol. The number of hydrogen-bond donors (Lipinski definition) is 0. The smallest absolute Gasteiger partial charge is 0.00870 e. The van der Waals surface area contributed by atoms with E-state index >= 15 is 0 Å². The van der Waals surface area contributed by atoms with Crippen molar-refractivity contribution in [1.82, 2.24) is 4.90 Å². The van der Waals surface area contributed by atoms with Gasteiger partial charge < -0.3 is 4.90 Å². The van der Waals surface area contributed by atoms with Crippen LogP contribution in [0.4, 0.5) is 0 Å². The maximum atomic E-state index is 3.57. The fourth-order valence-electron chi connectivity index (χ4n) is 1.76. The normalized spacial score (nSPS) is 14.1. The van der Waals surface area contributed by atoms with Gasteiger partial charge in [-0.2, -0.15) is 0 Å². The molecule has 0 aliphatic carbocycles. The highest BCUT2D eigenvalue weighted by molar-refractivity contribution is 9.09. The molecular formula is C11H24BrN. The summed E-state index contributed by atoms with van der Waals surface area (Å²) in [5.74, 6) is 0.811. The molecule has 1 unspecified atom stereocenters. The molecule has 1 atom stereocenters. The summed E-state index contributed by atoms with van der Waals surface area (Å²) >= 11 is 3.57. The molecule has 0 bridgehead atoms. The van der Waals surface area contributed by atoms with Crippen molar-refractivity contribution in [3.05, 3.63) is 0 Å². The van der Waals surface area contributed by atoms with E-state index in [0.717, 1.165) is 17.3 Å². The third-order valence-corrected chi connectivity index (χ3v) is 3.82. The van der Waals surface area contributed by atoms with E-state index in [1.54, 1.807) is 0 Å². The fourth-order valence-corrected chi connectivity index (χ4v) is 2.42. The van der Waals surface area contributed by atoms with Gasteiger partial charge in [0.2, 0.25) is 0 Å². The van der Waals surface area contributed by atoms with Crippen molar-refractivity contribution in [3.63, 3.8) is 0 Å². The van der Waals surface area contributed by atoms with Crippen molar-refractivity contribution in [3.8, 4) is 0 Å². The van der Waals surface area contributed by atoms with Gasteiger partial charge in [-0.15, -0.1) is 0 Å². The lowest BCUT2D eigenvalue weighted by Crippen LogP contribution is -2.35. The first kappa shape index (κ1) is 13.4. The maximum absolute atomic E-state index is 3.57. The highest BCUT2D eigenvalue weighted by Crippen LogP contribution is 2.13. The van der Waals surface area contributed by atoms with Crippen molar-refractivity contribution in [2.24, 2.45) is 5.92 Å². The van der Waals surface area contributed by atoms with E-state index in [1.807, 2.05) is 0 Å². The average Bonchev–Trinajstić information content (AvgIpc) is 2.16. The summed E-state index contributed by atoms with van der Waals surface area (Å²) in [4.78, 5) is 2.51. The Labute approximate surface area is 92.0 Å². The zero-order chi connectivity index (χ0) is 10.3. The summed E-state index contributed by atoms with van der Waals surface area (Å²) in [5.41, 5.74) is 0. The van der Waals surface area contributed by atoms with Crippen LogP contribution in [-0.4, -0.2) is 29.9 Å². The van der Waals surface area contributed by atoms with Gasteiger partial charge in [0.1, 0.15) is 0 Å². The van der Waals surface area contributed by atoms with Crippen LogP contribution in [0.2, 0.25) is 0 Å². The molecule has 1 nitrogen and oxygen atoms in total. The number of alkyl halides is 1. The molecule has 0 aromatic carbocycles. The van der Waals surface area contributed by atoms with E-state index in [1.165, 1.54) is 25.8 Å². The standard InChI is InChI=1S/C11H24BrN/c1-5-10(8-12)9-13(4)11(6-2)7-3/h10-11H,5-9H2,1-4H3. The molecule has 0 aromatic rings. The highest BCUT2D eigenvalue weighted by Gasteiger charge is 2.14. The zero-order valence-corrected chi connectivity index (χ0v) is 11.1. The lowest BCUT2D eigenvalue weighted by atomic mass is 10.1. The second-order valence-electron chi connectivity index (χ2n) is 3.84. The Morgan fingerprint density at radius 1 is 1.08 bits per heavy atom. The average molecular weight is 250 g/mol. The zero-order valence-electron chi connectivity index (χ0n) is 9.52. The Balaban J connectivity index is 3.87. The molecule has 0 aliphatic heterocycles. The number of rotatable bonds is 7. The number of nitrogens with zero attached hydrogens (tertiary/aromatic N) is 1. The van der Waals surface area contributed by atoms with Crippen LogP contribution in [0.15, 0.2) is 0 Å². The molecule has 0 radical (unpaired) electrons. The lowest BCUT2D eigenvalue weighted by molar-refractivity contribution is 0.201. The Morgan fingerprint density at radius 2 is 1.62 bits per heavy atom. The van der Waals surface area contributed by atoms with Gasteiger partial charge in [-0.25, -0.2) is 0 Å². The van der Waals surface area contributed by atoms with E-state index in [-0.39, 0.29) is 0 Å². The minimum atomic E-state index is 0.771. The molecule has 0 saturated carbocycles. The maximum Gasteiger partial charge on any atom is 0.00870 e. The van der Waals surface area contributed by atoms with E-state index < -0.39 is 0 Å². The van der Waals surface area contributed by atoms with Crippen LogP contribution in [0.5, 0.6) is 0 Å². The minimum absolute atomic E-state index is 0.771. The van der Waals surface area contributed by atoms with Crippen LogP contribution in [0.25, 0.3) is 0 Å². The van der Waals surface area contributed by atoms with Crippen LogP contribution in [0.3, 0.4) is 0 Å². The van der Waals surface area contributed by atoms with Gasteiger partial charge in [0, 0.05) is 17.9 Å². The third kappa shape index (κ3) is 5.02. The van der Waals surface area contributed by atoms with Crippen molar-refractivity contribution in [1.29, 1.82) is 0 Å². The summed E-state index contributed by atoms with van der Waals surface area (Å²) in [7, 11) is 2.25. The predicted molar refractivity (Wildman–Crippen MR) is 64.6 cm³/mol. The Kier molecular flexibility index (Phi) is 8.07. The lowest BCUT2D eigenvalue weighted by Gasteiger charge is -2.29. The molecule has 13 heavy (non-hydrogen) atoms. The van der Waals surface area contributed by atoms with Gasteiger partial charge in [-0.3, -0.25) is 0 Å². The van der Waals surface area contributed by atoms with Crippen LogP contribution in [0, 0.1) is 5.92 Å². The second kappa shape index (κ2) is 7.81. The predicted octanol–water partition coefficient (Wildman–Crippen LogP) is 3.53. The van der Waals surface area contributed by atoms with Gasteiger partial charge in [0.25, 0.3) is 0 Å². The van der Waals surface area contributed by atoms with Crippen LogP contribution < -0.4 is 0 Å². The van der Waals surface area contributed by atoms with E-state index in [9.17, 15) is 0 Å². The van der Waals surface area contributed by atoms with Gasteiger partial charge in [0.05, 0.1) is 0 Å². The molecule has 0 rings (SSSR count). The minimum Gasteiger partial charge on any atom is -0.303 e. The summed E-state index contributed by atoms with van der Waals surface area (Å²) in [6.07, 6.45) is 3.81. The third-order valence-electron chi connectivity index (χ3n) is 2.91. The molecule has 0 fully saturated rings. The SMILES string of the molecule is CCC(CBr)CN(C)C(CC)CC. The van der Waals surface area contributed by atoms with Crippen molar-refractivity contribution >= 4 is 15.9 Å². The molecule has 0 N–H and O–H groups in total. The monoisotopic (exact) mass is 249 g/mol. The Hall–Kier alpha value is 0.440. The topological polar surface area (TPSA) is 3.24 Å². The van der Waals surface area contributed by atoms with Crippen LogP contribution in [0.1, 0.15) is 40.0 Å². The largest absolute Gasteiger partial charge is 0.303 e. The van der Waals surface area contributed by atoms with Crippen LogP contribution >= 0.6 is 15.9 Å². The molecule has 0 aromatic heterocycles. The molecule has 2 heteroatoms. The van der Waals surface area contributed by atoms with E-state index in [2.05, 4.69) is 48.6 Å². The fraction of sp³-hybridized carbons (Fsp3) is 1.00. The summed E-state index contributed by atoms with van der Waals surface area (Å²) in [6, 6.07) is 0.771. The Morgan fingerprint density at radius 3 is 1.92 bits per heavy atom. The van der Waals surface area contributed by atoms with E-state index in [4.69, 9.17) is 0 Å². The highest BCUT2D eigenvalue weighted by atomic mass is 79.9. The first-order chi connectivity index (χ1) is 6.19. The Bertz CT molecular complexity index is 109. The summed E-state index contributed by atoms with van der Waals surface area (Å²) < 4.78 is 0. The quantitative estimate of drug-likeness (QED) is 0.625. The molecule has 0 amide bonds. The van der Waals surface area contributed by atoms with E-state index in [0.29, 0.717) is 0 Å². The first-order valence-corrected chi connectivity index (χ1v) is 6.57. The van der Waals surface area contributed by atoms with Crippen molar-refractivity contribution in [2.75, 3.05) is 18.9 Å².